The Kier molecular flexibility index (Phi) is 6.92. The van der Waals surface area contributed by atoms with Gasteiger partial charge in [-0.25, -0.2) is 12.8 Å². The van der Waals surface area contributed by atoms with Crippen molar-refractivity contribution < 1.29 is 22.4 Å². The number of nitrogens with one attached hydrogen (secondary N) is 1. The van der Waals surface area contributed by atoms with Crippen molar-refractivity contribution in [1.82, 2.24) is 14.5 Å². The van der Waals surface area contributed by atoms with Gasteiger partial charge in [0.1, 0.15) is 5.82 Å². The Morgan fingerprint density at radius 1 is 0.969 bits per heavy atom. The Hall–Kier alpha value is -2.30. The van der Waals surface area contributed by atoms with Gasteiger partial charge in [-0.05, 0) is 61.4 Å². The SMILES string of the molecule is O=C(NC1CCN(C(=O)C2CCN(S(=O)(=O)c3ccc(F)cc3)CC2)CC1)c1ccsc1. The number of amides is 2. The van der Waals surface area contributed by atoms with E-state index in [0.717, 1.165) is 12.1 Å². The van der Waals surface area contributed by atoms with Crippen molar-refractivity contribution in [3.05, 3.63) is 52.5 Å². The van der Waals surface area contributed by atoms with Gasteiger partial charge in [-0.3, -0.25) is 9.59 Å². The minimum Gasteiger partial charge on any atom is -0.349 e. The number of sulfonamides is 1. The Morgan fingerprint density at radius 3 is 2.22 bits per heavy atom. The minimum absolute atomic E-state index is 0.0501. The predicted molar refractivity (Wildman–Crippen MR) is 119 cm³/mol. The summed E-state index contributed by atoms with van der Waals surface area (Å²) in [5.41, 5.74) is 0.663. The van der Waals surface area contributed by atoms with E-state index < -0.39 is 15.8 Å². The first kappa shape index (κ1) is 22.9. The number of benzene rings is 1. The van der Waals surface area contributed by atoms with Crippen molar-refractivity contribution in [1.29, 1.82) is 0 Å². The van der Waals surface area contributed by atoms with Crippen LogP contribution in [0.15, 0.2) is 46.0 Å². The van der Waals surface area contributed by atoms with Crippen molar-refractivity contribution in [3.8, 4) is 0 Å². The summed E-state index contributed by atoms with van der Waals surface area (Å²) >= 11 is 1.48. The highest BCUT2D eigenvalue weighted by molar-refractivity contribution is 7.89. The number of halogens is 1. The van der Waals surface area contributed by atoms with Crippen LogP contribution in [0.2, 0.25) is 0 Å². The van der Waals surface area contributed by atoms with Crippen molar-refractivity contribution in [2.75, 3.05) is 26.2 Å². The van der Waals surface area contributed by atoms with Gasteiger partial charge in [-0.2, -0.15) is 15.6 Å². The first-order valence-corrected chi connectivity index (χ1v) is 13.1. The zero-order valence-electron chi connectivity index (χ0n) is 17.6. The van der Waals surface area contributed by atoms with E-state index in [-0.39, 0.29) is 41.8 Å². The summed E-state index contributed by atoms with van der Waals surface area (Å²) in [5.74, 6) is -0.702. The number of carbonyl (C=O) groups is 2. The number of thiophene rings is 1. The molecule has 32 heavy (non-hydrogen) atoms. The third kappa shape index (κ3) is 5.02. The molecule has 2 saturated heterocycles. The molecule has 0 atom stereocenters. The van der Waals surface area contributed by atoms with Gasteiger partial charge in [-0.1, -0.05) is 0 Å². The summed E-state index contributed by atoms with van der Waals surface area (Å²) in [6.45, 7) is 1.70. The van der Waals surface area contributed by atoms with Gasteiger partial charge in [-0.15, -0.1) is 0 Å². The number of rotatable bonds is 5. The number of likely N-dealkylation sites (tertiary alicyclic amines) is 1. The number of piperidine rings is 2. The highest BCUT2D eigenvalue weighted by atomic mass is 32.2. The van der Waals surface area contributed by atoms with Gasteiger partial charge in [0.2, 0.25) is 15.9 Å². The average Bonchev–Trinajstić information content (AvgIpc) is 3.35. The molecule has 172 valence electrons. The molecule has 2 aromatic rings. The lowest BCUT2D eigenvalue weighted by Crippen LogP contribution is -2.49. The normalized spacial score (nSPS) is 19.1. The van der Waals surface area contributed by atoms with E-state index in [1.807, 2.05) is 15.7 Å². The quantitative estimate of drug-likeness (QED) is 0.715. The molecule has 0 spiro atoms. The third-order valence-corrected chi connectivity index (χ3v) is 8.78. The Labute approximate surface area is 191 Å². The van der Waals surface area contributed by atoms with E-state index in [1.54, 1.807) is 6.07 Å². The van der Waals surface area contributed by atoms with Crippen molar-refractivity contribution >= 4 is 33.2 Å². The lowest BCUT2D eigenvalue weighted by Gasteiger charge is -2.37. The molecule has 3 heterocycles. The molecule has 2 amide bonds. The first-order valence-electron chi connectivity index (χ1n) is 10.7. The molecule has 1 aromatic heterocycles. The zero-order chi connectivity index (χ0) is 22.7. The lowest BCUT2D eigenvalue weighted by molar-refractivity contribution is -0.137. The smallest absolute Gasteiger partial charge is 0.252 e. The van der Waals surface area contributed by atoms with E-state index >= 15 is 0 Å². The van der Waals surface area contributed by atoms with Crippen LogP contribution in [-0.2, 0) is 14.8 Å². The monoisotopic (exact) mass is 479 g/mol. The van der Waals surface area contributed by atoms with Crippen LogP contribution in [0.4, 0.5) is 4.39 Å². The van der Waals surface area contributed by atoms with Gasteiger partial charge in [0, 0.05) is 49.1 Å². The number of hydrogen-bond donors (Lipinski definition) is 1. The van der Waals surface area contributed by atoms with Crippen molar-refractivity contribution in [2.24, 2.45) is 5.92 Å². The van der Waals surface area contributed by atoms with E-state index in [4.69, 9.17) is 0 Å². The summed E-state index contributed by atoms with van der Waals surface area (Å²) in [7, 11) is -3.69. The maximum atomic E-state index is 13.1. The molecule has 1 N–H and O–H groups in total. The molecule has 7 nitrogen and oxygen atoms in total. The van der Waals surface area contributed by atoms with Gasteiger partial charge in [0.05, 0.1) is 4.90 Å². The molecule has 2 aliphatic heterocycles. The number of hydrogen-bond acceptors (Lipinski definition) is 5. The van der Waals surface area contributed by atoms with Crippen molar-refractivity contribution in [2.45, 2.75) is 36.6 Å². The third-order valence-electron chi connectivity index (χ3n) is 6.18. The van der Waals surface area contributed by atoms with Gasteiger partial charge in [0.25, 0.3) is 5.91 Å². The lowest BCUT2D eigenvalue weighted by atomic mass is 9.95. The van der Waals surface area contributed by atoms with E-state index in [1.165, 1.54) is 27.8 Å². The summed E-state index contributed by atoms with van der Waals surface area (Å²) in [4.78, 5) is 27.1. The largest absolute Gasteiger partial charge is 0.349 e. The number of nitrogens with zero attached hydrogens (tertiary/aromatic N) is 2. The maximum absolute atomic E-state index is 13.1. The standard InChI is InChI=1S/C22H26FN3O4S2/c23-18-1-3-20(4-2-18)32(29,30)26-12-5-16(6-13-26)22(28)25-10-7-19(8-11-25)24-21(27)17-9-14-31-15-17/h1-4,9,14-16,19H,5-8,10-13H2,(H,24,27). The summed E-state index contributed by atoms with van der Waals surface area (Å²) in [5, 5.41) is 6.72. The topological polar surface area (TPSA) is 86.8 Å². The molecular weight excluding hydrogens is 453 g/mol. The van der Waals surface area contributed by atoms with Crippen LogP contribution < -0.4 is 5.32 Å². The maximum Gasteiger partial charge on any atom is 0.252 e. The Bertz CT molecular complexity index is 1040. The fraction of sp³-hybridized carbons (Fsp3) is 0.455. The van der Waals surface area contributed by atoms with Crippen LogP contribution in [-0.4, -0.2) is 61.7 Å². The molecule has 0 radical (unpaired) electrons. The fourth-order valence-corrected chi connectivity index (χ4v) is 6.37. The van der Waals surface area contributed by atoms with Gasteiger partial charge >= 0.3 is 0 Å². The predicted octanol–water partition coefficient (Wildman–Crippen LogP) is 2.71. The summed E-state index contributed by atoms with van der Waals surface area (Å²) in [6, 6.07) is 6.65. The zero-order valence-corrected chi connectivity index (χ0v) is 19.2. The first-order chi connectivity index (χ1) is 15.3. The highest BCUT2D eigenvalue weighted by Gasteiger charge is 2.35. The van der Waals surface area contributed by atoms with E-state index in [9.17, 15) is 22.4 Å². The van der Waals surface area contributed by atoms with Gasteiger partial charge < -0.3 is 10.2 Å². The van der Waals surface area contributed by atoms with Crippen LogP contribution >= 0.6 is 11.3 Å². The van der Waals surface area contributed by atoms with Crippen LogP contribution in [0, 0.1) is 11.7 Å². The van der Waals surface area contributed by atoms with Crippen LogP contribution in [0.1, 0.15) is 36.0 Å². The van der Waals surface area contributed by atoms with Crippen LogP contribution in [0.3, 0.4) is 0 Å². The molecule has 2 fully saturated rings. The molecule has 10 heteroatoms. The molecule has 1 aromatic carbocycles. The molecule has 0 bridgehead atoms. The Morgan fingerprint density at radius 2 is 1.62 bits per heavy atom. The van der Waals surface area contributed by atoms with Crippen molar-refractivity contribution in [3.63, 3.8) is 0 Å². The molecular formula is C22H26FN3O4S2. The Balaban J connectivity index is 1.26. The second-order valence-electron chi connectivity index (χ2n) is 8.22. The molecule has 2 aliphatic rings. The van der Waals surface area contributed by atoms with Crippen LogP contribution in [0.5, 0.6) is 0 Å². The average molecular weight is 480 g/mol. The summed E-state index contributed by atoms with van der Waals surface area (Å²) < 4.78 is 40.0. The number of carbonyl (C=O) groups excluding carboxylic acids is 2. The molecule has 4 rings (SSSR count). The summed E-state index contributed by atoms with van der Waals surface area (Å²) in [6.07, 6.45) is 2.35. The fourth-order valence-electron chi connectivity index (χ4n) is 4.26. The molecule has 0 unspecified atom stereocenters. The highest BCUT2D eigenvalue weighted by Crippen LogP contribution is 2.26. The van der Waals surface area contributed by atoms with Crippen LogP contribution in [0.25, 0.3) is 0 Å². The molecule has 0 saturated carbocycles. The van der Waals surface area contributed by atoms with E-state index in [2.05, 4.69) is 5.32 Å². The molecule has 0 aliphatic carbocycles. The van der Waals surface area contributed by atoms with E-state index in [0.29, 0.717) is 44.3 Å². The minimum atomic E-state index is -3.69. The second-order valence-corrected chi connectivity index (χ2v) is 10.9. The van der Waals surface area contributed by atoms with Gasteiger partial charge in [0.15, 0.2) is 0 Å². The second kappa shape index (κ2) is 9.68.